The zero-order valence-electron chi connectivity index (χ0n) is 10.8. The number of aromatic carboxylic acids is 1. The van der Waals surface area contributed by atoms with Crippen LogP contribution < -0.4 is 5.32 Å². The average molecular weight is 263 g/mol. The summed E-state index contributed by atoms with van der Waals surface area (Å²) < 4.78 is 5.45. The maximum atomic E-state index is 11.4. The van der Waals surface area contributed by atoms with Crippen molar-refractivity contribution in [3.8, 4) is 0 Å². The number of carboxylic acid groups (broad SMARTS) is 1. The zero-order chi connectivity index (χ0) is 13.4. The molecule has 1 aromatic heterocycles. The van der Waals surface area contributed by atoms with Gasteiger partial charge in [-0.05, 0) is 31.7 Å². The summed E-state index contributed by atoms with van der Waals surface area (Å²) in [6.45, 7) is 1.37. The van der Waals surface area contributed by atoms with Crippen molar-refractivity contribution < 1.29 is 14.6 Å². The molecule has 0 radical (unpaired) electrons. The van der Waals surface area contributed by atoms with E-state index >= 15 is 0 Å². The van der Waals surface area contributed by atoms with Crippen LogP contribution in [-0.4, -0.2) is 34.7 Å². The maximum absolute atomic E-state index is 11.4. The monoisotopic (exact) mass is 263 g/mol. The van der Waals surface area contributed by atoms with E-state index in [1.54, 1.807) is 7.11 Å². The van der Waals surface area contributed by atoms with Gasteiger partial charge in [0.15, 0.2) is 11.5 Å². The molecule has 19 heavy (non-hydrogen) atoms. The number of nitrogens with one attached hydrogen (secondary N) is 1. The van der Waals surface area contributed by atoms with Gasteiger partial charge in [0.25, 0.3) is 0 Å². The molecule has 102 valence electrons. The summed E-state index contributed by atoms with van der Waals surface area (Å²) in [4.78, 5) is 20.2. The second-order valence-electron chi connectivity index (χ2n) is 5.08. The molecule has 1 unspecified atom stereocenters. The fourth-order valence-corrected chi connectivity index (χ4v) is 2.59. The van der Waals surface area contributed by atoms with Gasteiger partial charge in [-0.3, -0.25) is 0 Å². The van der Waals surface area contributed by atoms with Crippen molar-refractivity contribution in [1.82, 2.24) is 15.3 Å². The van der Waals surface area contributed by atoms with Crippen LogP contribution in [0.15, 0.2) is 0 Å². The van der Waals surface area contributed by atoms with Gasteiger partial charge >= 0.3 is 5.97 Å². The third kappa shape index (κ3) is 2.33. The van der Waals surface area contributed by atoms with Crippen LogP contribution in [0.3, 0.4) is 0 Å². The molecule has 1 aliphatic carbocycles. The second kappa shape index (κ2) is 4.86. The molecular formula is C13H17N3O3. The van der Waals surface area contributed by atoms with Crippen molar-refractivity contribution in [3.63, 3.8) is 0 Å². The van der Waals surface area contributed by atoms with Gasteiger partial charge in [-0.2, -0.15) is 0 Å². The van der Waals surface area contributed by atoms with Crippen molar-refractivity contribution >= 4 is 5.97 Å². The Kier molecular flexibility index (Phi) is 3.20. The van der Waals surface area contributed by atoms with E-state index in [9.17, 15) is 9.90 Å². The SMILES string of the molecule is COC(c1nc2c(c(C(=O)O)n1)CCNC2)C1CC1. The van der Waals surface area contributed by atoms with E-state index in [0.29, 0.717) is 24.7 Å². The van der Waals surface area contributed by atoms with Gasteiger partial charge in [-0.15, -0.1) is 0 Å². The molecule has 1 saturated carbocycles. The summed E-state index contributed by atoms with van der Waals surface area (Å²) in [7, 11) is 1.63. The highest BCUT2D eigenvalue weighted by molar-refractivity contribution is 5.87. The van der Waals surface area contributed by atoms with Crippen LogP contribution in [-0.2, 0) is 17.7 Å². The van der Waals surface area contributed by atoms with Gasteiger partial charge in [-0.1, -0.05) is 0 Å². The Hall–Kier alpha value is -1.53. The molecule has 0 saturated heterocycles. The van der Waals surface area contributed by atoms with Crippen molar-refractivity contribution in [2.75, 3.05) is 13.7 Å². The van der Waals surface area contributed by atoms with E-state index < -0.39 is 5.97 Å². The number of hydrogen-bond donors (Lipinski definition) is 2. The first kappa shape index (κ1) is 12.5. The summed E-state index contributed by atoms with van der Waals surface area (Å²) in [5, 5.41) is 12.5. The Morgan fingerprint density at radius 3 is 2.89 bits per heavy atom. The number of carboxylic acids is 1. The number of methoxy groups -OCH3 is 1. The van der Waals surface area contributed by atoms with Crippen LogP contribution in [0.2, 0.25) is 0 Å². The fourth-order valence-electron chi connectivity index (χ4n) is 2.59. The lowest BCUT2D eigenvalue weighted by atomic mass is 10.0. The molecule has 0 amide bonds. The molecule has 1 aromatic rings. The smallest absolute Gasteiger partial charge is 0.354 e. The van der Waals surface area contributed by atoms with E-state index in [-0.39, 0.29) is 11.8 Å². The second-order valence-corrected chi connectivity index (χ2v) is 5.08. The molecule has 1 aliphatic heterocycles. The number of rotatable bonds is 4. The Bertz CT molecular complexity index is 514. The third-order valence-electron chi connectivity index (χ3n) is 3.72. The van der Waals surface area contributed by atoms with Gasteiger partial charge in [0, 0.05) is 19.2 Å². The van der Waals surface area contributed by atoms with Crippen molar-refractivity contribution in [3.05, 3.63) is 22.8 Å². The maximum Gasteiger partial charge on any atom is 0.354 e. The summed E-state index contributed by atoms with van der Waals surface area (Å²) in [6.07, 6.45) is 2.68. The van der Waals surface area contributed by atoms with Gasteiger partial charge in [0.1, 0.15) is 6.10 Å². The van der Waals surface area contributed by atoms with E-state index in [1.807, 2.05) is 0 Å². The molecule has 1 fully saturated rings. The minimum atomic E-state index is -0.979. The molecule has 1 atom stereocenters. The van der Waals surface area contributed by atoms with E-state index in [1.165, 1.54) is 0 Å². The quantitative estimate of drug-likeness (QED) is 0.840. The fraction of sp³-hybridized carbons (Fsp3) is 0.615. The topological polar surface area (TPSA) is 84.3 Å². The van der Waals surface area contributed by atoms with Crippen molar-refractivity contribution in [2.45, 2.75) is 31.9 Å². The predicted octanol–water partition coefficient (Wildman–Crippen LogP) is 0.918. The Balaban J connectivity index is 2.05. The van der Waals surface area contributed by atoms with E-state index in [2.05, 4.69) is 15.3 Å². The minimum absolute atomic E-state index is 0.143. The zero-order valence-corrected chi connectivity index (χ0v) is 10.8. The average Bonchev–Trinajstić information content (AvgIpc) is 3.23. The van der Waals surface area contributed by atoms with Gasteiger partial charge in [0.05, 0.1) is 5.69 Å². The first-order chi connectivity index (χ1) is 9.20. The highest BCUT2D eigenvalue weighted by atomic mass is 16.5. The first-order valence-electron chi connectivity index (χ1n) is 6.57. The standard InChI is InChI=1S/C13H17N3O3/c1-19-11(7-2-3-7)12-15-9-6-14-5-4-8(9)10(16-12)13(17)18/h7,11,14H,2-6H2,1H3,(H,17,18). The summed E-state index contributed by atoms with van der Waals surface area (Å²) in [5.41, 5.74) is 1.71. The Morgan fingerprint density at radius 2 is 2.26 bits per heavy atom. The number of hydrogen-bond acceptors (Lipinski definition) is 5. The number of ether oxygens (including phenoxy) is 1. The van der Waals surface area contributed by atoms with Crippen LogP contribution >= 0.6 is 0 Å². The molecule has 6 nitrogen and oxygen atoms in total. The molecule has 2 N–H and O–H groups in total. The van der Waals surface area contributed by atoms with Crippen LogP contribution in [0.25, 0.3) is 0 Å². The van der Waals surface area contributed by atoms with Crippen LogP contribution in [0.1, 0.15) is 46.5 Å². The van der Waals surface area contributed by atoms with Gasteiger partial charge in [-0.25, -0.2) is 14.8 Å². The van der Waals surface area contributed by atoms with Gasteiger partial charge in [0.2, 0.25) is 0 Å². The normalized spacial score (nSPS) is 19.8. The van der Waals surface area contributed by atoms with Crippen LogP contribution in [0.5, 0.6) is 0 Å². The molecule has 3 rings (SSSR count). The first-order valence-corrected chi connectivity index (χ1v) is 6.57. The lowest BCUT2D eigenvalue weighted by Crippen LogP contribution is -2.29. The van der Waals surface area contributed by atoms with Crippen LogP contribution in [0, 0.1) is 5.92 Å². The number of fused-ring (bicyclic) bond motifs is 1. The Morgan fingerprint density at radius 1 is 1.47 bits per heavy atom. The number of nitrogens with zero attached hydrogens (tertiary/aromatic N) is 2. The molecule has 0 bridgehead atoms. The summed E-state index contributed by atoms with van der Waals surface area (Å²) in [6, 6.07) is 0. The van der Waals surface area contributed by atoms with Crippen molar-refractivity contribution in [2.24, 2.45) is 5.92 Å². The lowest BCUT2D eigenvalue weighted by molar-refractivity contribution is 0.0671. The highest BCUT2D eigenvalue weighted by Crippen LogP contribution is 2.42. The van der Waals surface area contributed by atoms with Crippen molar-refractivity contribution in [1.29, 1.82) is 0 Å². The lowest BCUT2D eigenvalue weighted by Gasteiger charge is -2.21. The third-order valence-corrected chi connectivity index (χ3v) is 3.72. The summed E-state index contributed by atoms with van der Waals surface area (Å²) >= 11 is 0. The minimum Gasteiger partial charge on any atom is -0.477 e. The largest absolute Gasteiger partial charge is 0.477 e. The molecule has 2 aliphatic rings. The number of carbonyl (C=O) groups is 1. The summed E-state index contributed by atoms with van der Waals surface area (Å²) in [5.74, 6) is -0.0291. The predicted molar refractivity (Wildman–Crippen MR) is 66.9 cm³/mol. The number of aromatic nitrogens is 2. The molecule has 6 heteroatoms. The van der Waals surface area contributed by atoms with E-state index in [0.717, 1.165) is 30.6 Å². The van der Waals surface area contributed by atoms with Crippen LogP contribution in [0.4, 0.5) is 0 Å². The molecular weight excluding hydrogens is 246 g/mol. The Labute approximate surface area is 111 Å². The molecule has 0 spiro atoms. The highest BCUT2D eigenvalue weighted by Gasteiger charge is 2.35. The molecule has 0 aromatic carbocycles. The van der Waals surface area contributed by atoms with E-state index in [4.69, 9.17) is 4.74 Å². The van der Waals surface area contributed by atoms with Gasteiger partial charge < -0.3 is 15.2 Å². The molecule has 2 heterocycles.